The van der Waals surface area contributed by atoms with Gasteiger partial charge in [-0.05, 0) is 26.3 Å². The number of aryl methyl sites for hydroxylation is 1. The Bertz CT molecular complexity index is 567. The predicted octanol–water partition coefficient (Wildman–Crippen LogP) is 2.30. The average Bonchev–Trinajstić information content (AvgIpc) is 2.82. The van der Waals surface area contributed by atoms with E-state index in [1.54, 1.807) is 13.8 Å². The minimum atomic E-state index is -2.32. The lowest BCUT2D eigenvalue weighted by Crippen LogP contribution is -2.45. The van der Waals surface area contributed by atoms with E-state index in [0.717, 1.165) is 11.1 Å². The molecule has 1 fully saturated rings. The Kier molecular flexibility index (Phi) is 3.78. The van der Waals surface area contributed by atoms with E-state index in [2.05, 4.69) is 0 Å². The molecule has 1 heterocycles. The molecule has 1 aliphatic heterocycles. The third-order valence-corrected chi connectivity index (χ3v) is 4.20. The summed E-state index contributed by atoms with van der Waals surface area (Å²) in [5.41, 5.74) is -1.20. The van der Waals surface area contributed by atoms with Crippen molar-refractivity contribution < 1.29 is 19.1 Å². The standard InChI is InChI=1S/C16H20FNO3/c1-11-4-6-12(7-5-11)15(2,3)13(19)18-9-8-16(17,10-18)14(20)21/h4-7H,8-10H2,1-3H3,(H,20,21). The van der Waals surface area contributed by atoms with Crippen LogP contribution in [0.4, 0.5) is 4.39 Å². The highest BCUT2D eigenvalue weighted by atomic mass is 19.1. The minimum Gasteiger partial charge on any atom is -0.479 e. The summed E-state index contributed by atoms with van der Waals surface area (Å²) in [6.07, 6.45) is -0.155. The molecular formula is C16H20FNO3. The van der Waals surface area contributed by atoms with E-state index >= 15 is 0 Å². The number of carboxylic acids is 1. The third kappa shape index (κ3) is 2.77. The maximum atomic E-state index is 14.1. The molecule has 1 aromatic rings. The first-order valence-corrected chi connectivity index (χ1v) is 6.96. The molecule has 1 N–H and O–H groups in total. The van der Waals surface area contributed by atoms with E-state index in [1.165, 1.54) is 4.90 Å². The number of carbonyl (C=O) groups excluding carboxylic acids is 1. The van der Waals surface area contributed by atoms with Gasteiger partial charge in [0, 0.05) is 13.0 Å². The van der Waals surface area contributed by atoms with Crippen LogP contribution in [0.2, 0.25) is 0 Å². The summed E-state index contributed by atoms with van der Waals surface area (Å²) >= 11 is 0. The van der Waals surface area contributed by atoms with Crippen LogP contribution in [0, 0.1) is 6.92 Å². The molecule has 0 bridgehead atoms. The largest absolute Gasteiger partial charge is 0.479 e. The van der Waals surface area contributed by atoms with Gasteiger partial charge in [-0.3, -0.25) is 4.79 Å². The van der Waals surface area contributed by atoms with Gasteiger partial charge in [0.15, 0.2) is 0 Å². The Balaban J connectivity index is 2.20. The first-order valence-electron chi connectivity index (χ1n) is 6.96. The normalized spacial score (nSPS) is 22.4. The van der Waals surface area contributed by atoms with E-state index < -0.39 is 17.1 Å². The number of hydrogen-bond acceptors (Lipinski definition) is 2. The predicted molar refractivity (Wildman–Crippen MR) is 76.9 cm³/mol. The van der Waals surface area contributed by atoms with Crippen LogP contribution in [0.5, 0.6) is 0 Å². The summed E-state index contributed by atoms with van der Waals surface area (Å²) in [7, 11) is 0. The molecule has 1 aliphatic rings. The molecule has 0 radical (unpaired) electrons. The van der Waals surface area contributed by atoms with Crippen LogP contribution in [0.3, 0.4) is 0 Å². The maximum absolute atomic E-state index is 14.1. The number of benzene rings is 1. The summed E-state index contributed by atoms with van der Waals surface area (Å²) in [6, 6.07) is 7.60. The summed E-state index contributed by atoms with van der Waals surface area (Å²) < 4.78 is 14.1. The van der Waals surface area contributed by atoms with Crippen molar-refractivity contribution in [2.24, 2.45) is 0 Å². The van der Waals surface area contributed by atoms with Crippen molar-refractivity contribution in [2.45, 2.75) is 38.3 Å². The van der Waals surface area contributed by atoms with Crippen molar-refractivity contribution in [3.63, 3.8) is 0 Å². The minimum absolute atomic E-state index is 0.136. The van der Waals surface area contributed by atoms with E-state index in [1.807, 2.05) is 31.2 Å². The molecule has 0 saturated carbocycles. The molecule has 1 unspecified atom stereocenters. The first kappa shape index (κ1) is 15.5. The Morgan fingerprint density at radius 3 is 2.33 bits per heavy atom. The molecule has 0 aromatic heterocycles. The Morgan fingerprint density at radius 1 is 1.29 bits per heavy atom. The van der Waals surface area contributed by atoms with Crippen molar-refractivity contribution in [1.29, 1.82) is 0 Å². The summed E-state index contributed by atoms with van der Waals surface area (Å²) in [5, 5.41) is 8.91. The van der Waals surface area contributed by atoms with Crippen LogP contribution >= 0.6 is 0 Å². The second-order valence-corrected chi connectivity index (χ2v) is 6.24. The van der Waals surface area contributed by atoms with Crippen LogP contribution in [-0.4, -0.2) is 40.6 Å². The second kappa shape index (κ2) is 5.13. The topological polar surface area (TPSA) is 57.6 Å². The highest BCUT2D eigenvalue weighted by Crippen LogP contribution is 2.32. The fraction of sp³-hybridized carbons (Fsp3) is 0.500. The molecule has 114 valence electrons. The Labute approximate surface area is 123 Å². The molecule has 4 nitrogen and oxygen atoms in total. The number of nitrogens with zero attached hydrogens (tertiary/aromatic N) is 1. The zero-order valence-corrected chi connectivity index (χ0v) is 12.5. The van der Waals surface area contributed by atoms with Gasteiger partial charge in [0.2, 0.25) is 11.6 Å². The van der Waals surface area contributed by atoms with Gasteiger partial charge in [0.05, 0.1) is 12.0 Å². The van der Waals surface area contributed by atoms with Crippen LogP contribution in [-0.2, 0) is 15.0 Å². The molecule has 1 amide bonds. The zero-order valence-electron chi connectivity index (χ0n) is 12.5. The highest BCUT2D eigenvalue weighted by molar-refractivity contribution is 5.89. The number of aliphatic carboxylic acids is 1. The summed E-state index contributed by atoms with van der Waals surface area (Å²) in [5.74, 6) is -1.74. The van der Waals surface area contributed by atoms with Crippen molar-refractivity contribution in [3.05, 3.63) is 35.4 Å². The zero-order chi connectivity index (χ0) is 15.8. The number of alkyl halides is 1. The SMILES string of the molecule is Cc1ccc(C(C)(C)C(=O)N2CCC(F)(C(=O)O)C2)cc1. The van der Waals surface area contributed by atoms with Crippen molar-refractivity contribution in [3.8, 4) is 0 Å². The van der Waals surface area contributed by atoms with Gasteiger partial charge in [0.1, 0.15) is 0 Å². The van der Waals surface area contributed by atoms with E-state index in [0.29, 0.717) is 0 Å². The van der Waals surface area contributed by atoms with Gasteiger partial charge in [0.25, 0.3) is 0 Å². The summed E-state index contributed by atoms with van der Waals surface area (Å²) in [6.45, 7) is 5.27. The smallest absolute Gasteiger partial charge is 0.343 e. The van der Waals surface area contributed by atoms with Crippen LogP contribution in [0.25, 0.3) is 0 Å². The van der Waals surface area contributed by atoms with Gasteiger partial charge >= 0.3 is 5.97 Å². The number of hydrogen-bond donors (Lipinski definition) is 1. The Morgan fingerprint density at radius 2 is 1.86 bits per heavy atom. The third-order valence-electron chi connectivity index (χ3n) is 4.20. The first-order chi connectivity index (χ1) is 9.67. The molecule has 0 spiro atoms. The van der Waals surface area contributed by atoms with Gasteiger partial charge in [-0.1, -0.05) is 29.8 Å². The Hall–Kier alpha value is -1.91. The molecular weight excluding hydrogens is 273 g/mol. The van der Waals surface area contributed by atoms with E-state index in [9.17, 15) is 14.0 Å². The van der Waals surface area contributed by atoms with E-state index in [-0.39, 0.29) is 25.4 Å². The number of carbonyl (C=O) groups is 2. The molecule has 0 aliphatic carbocycles. The van der Waals surface area contributed by atoms with Crippen molar-refractivity contribution >= 4 is 11.9 Å². The number of amides is 1. The van der Waals surface area contributed by atoms with E-state index in [4.69, 9.17) is 5.11 Å². The van der Waals surface area contributed by atoms with Crippen LogP contribution in [0.15, 0.2) is 24.3 Å². The van der Waals surface area contributed by atoms with Gasteiger partial charge < -0.3 is 10.0 Å². The molecule has 1 saturated heterocycles. The number of rotatable bonds is 3. The maximum Gasteiger partial charge on any atom is 0.343 e. The fourth-order valence-corrected chi connectivity index (χ4v) is 2.61. The van der Waals surface area contributed by atoms with Gasteiger partial charge in [-0.2, -0.15) is 0 Å². The quantitative estimate of drug-likeness (QED) is 0.930. The highest BCUT2D eigenvalue weighted by Gasteiger charge is 2.49. The number of halogens is 1. The average molecular weight is 293 g/mol. The number of carboxylic acid groups (broad SMARTS) is 1. The second-order valence-electron chi connectivity index (χ2n) is 6.24. The van der Waals surface area contributed by atoms with Crippen LogP contribution < -0.4 is 0 Å². The fourth-order valence-electron chi connectivity index (χ4n) is 2.61. The molecule has 21 heavy (non-hydrogen) atoms. The van der Waals surface area contributed by atoms with Gasteiger partial charge in [-0.25, -0.2) is 9.18 Å². The monoisotopic (exact) mass is 293 g/mol. The van der Waals surface area contributed by atoms with Crippen molar-refractivity contribution in [1.82, 2.24) is 4.90 Å². The lowest BCUT2D eigenvalue weighted by molar-refractivity contribution is -0.150. The molecule has 2 rings (SSSR count). The van der Waals surface area contributed by atoms with Gasteiger partial charge in [-0.15, -0.1) is 0 Å². The van der Waals surface area contributed by atoms with Crippen LogP contribution in [0.1, 0.15) is 31.4 Å². The molecule has 5 heteroatoms. The lowest BCUT2D eigenvalue weighted by atomic mass is 9.83. The molecule has 1 aromatic carbocycles. The molecule has 1 atom stereocenters. The number of likely N-dealkylation sites (tertiary alicyclic amines) is 1. The lowest BCUT2D eigenvalue weighted by Gasteiger charge is -2.30. The summed E-state index contributed by atoms with van der Waals surface area (Å²) in [4.78, 5) is 24.9. The van der Waals surface area contributed by atoms with Crippen molar-refractivity contribution in [2.75, 3.05) is 13.1 Å².